The zero-order chi connectivity index (χ0) is 12.0. The molecule has 1 aromatic carbocycles. The molecule has 86 valence electrons. The monoisotopic (exact) mass is 240 g/mol. The van der Waals surface area contributed by atoms with Gasteiger partial charge < -0.3 is 10.2 Å². The highest BCUT2D eigenvalue weighted by molar-refractivity contribution is 6.32. The zero-order valence-electron chi connectivity index (χ0n) is 8.65. The highest BCUT2D eigenvalue weighted by Gasteiger charge is 2.10. The van der Waals surface area contributed by atoms with Crippen molar-refractivity contribution in [3.05, 3.63) is 28.8 Å². The summed E-state index contributed by atoms with van der Waals surface area (Å²) in [5, 5.41) is 30.0. The van der Waals surface area contributed by atoms with E-state index in [9.17, 15) is 5.11 Å². The summed E-state index contributed by atoms with van der Waals surface area (Å²) in [6, 6.07) is 6.26. The number of nitrogens with zero attached hydrogens (tertiary/aromatic N) is 1. The molecule has 1 atom stereocenters. The number of phenolic OH excluding ortho intramolecular Hbond substituents is 1. The number of halogens is 1. The smallest absolute Gasteiger partial charge is 0.134 e. The van der Waals surface area contributed by atoms with Gasteiger partial charge in [-0.25, -0.2) is 0 Å². The molecule has 0 bridgehead atoms. The maximum atomic E-state index is 9.24. The average molecular weight is 241 g/mol. The maximum Gasteiger partial charge on any atom is 0.134 e. The molecule has 0 fully saturated rings. The number of hydrogen-bond acceptors (Lipinski definition) is 4. The molecule has 0 aliphatic rings. The van der Waals surface area contributed by atoms with Gasteiger partial charge in [0.15, 0.2) is 0 Å². The molecule has 1 unspecified atom stereocenters. The summed E-state index contributed by atoms with van der Waals surface area (Å²) in [4.78, 5) is 0. The Labute approximate surface area is 99.1 Å². The average Bonchev–Trinajstić information content (AvgIpc) is 2.29. The number of hydrogen-bond donors (Lipinski definition) is 3. The minimum Gasteiger partial charge on any atom is -0.506 e. The fourth-order valence-corrected chi connectivity index (χ4v) is 1.46. The fourth-order valence-electron chi connectivity index (χ4n) is 1.27. The molecule has 16 heavy (non-hydrogen) atoms. The molecule has 0 aliphatic heterocycles. The summed E-state index contributed by atoms with van der Waals surface area (Å²) in [5.74, 6) is -0.00235. The largest absolute Gasteiger partial charge is 0.506 e. The second-order valence-corrected chi connectivity index (χ2v) is 3.71. The Balaban J connectivity index is 2.72. The van der Waals surface area contributed by atoms with E-state index in [2.05, 4.69) is 11.4 Å². The van der Waals surface area contributed by atoms with E-state index >= 15 is 0 Å². The van der Waals surface area contributed by atoms with Gasteiger partial charge in [-0.3, -0.25) is 5.32 Å². The van der Waals surface area contributed by atoms with Crippen LogP contribution in [0.2, 0.25) is 5.02 Å². The van der Waals surface area contributed by atoms with E-state index in [-0.39, 0.29) is 17.4 Å². The minimum absolute atomic E-state index is 0.00235. The van der Waals surface area contributed by atoms with Crippen molar-refractivity contribution in [1.29, 1.82) is 5.26 Å². The SMILES string of the molecule is N#CC(NCCCO)c1ccc(O)c(Cl)c1. The van der Waals surface area contributed by atoms with E-state index in [1.54, 1.807) is 12.1 Å². The van der Waals surface area contributed by atoms with Crippen molar-refractivity contribution < 1.29 is 10.2 Å². The van der Waals surface area contributed by atoms with Crippen LogP contribution >= 0.6 is 11.6 Å². The van der Waals surface area contributed by atoms with E-state index in [0.717, 1.165) is 0 Å². The second-order valence-electron chi connectivity index (χ2n) is 3.30. The van der Waals surface area contributed by atoms with Gasteiger partial charge in [-0.1, -0.05) is 17.7 Å². The number of aliphatic hydroxyl groups excluding tert-OH is 1. The van der Waals surface area contributed by atoms with Crippen molar-refractivity contribution in [2.24, 2.45) is 0 Å². The third kappa shape index (κ3) is 3.38. The number of phenols is 1. The Morgan fingerprint density at radius 3 is 2.81 bits per heavy atom. The Bertz CT molecular complexity index is 390. The number of nitrogens with one attached hydrogen (secondary N) is 1. The maximum absolute atomic E-state index is 9.24. The highest BCUT2D eigenvalue weighted by atomic mass is 35.5. The number of rotatable bonds is 5. The number of nitriles is 1. The summed E-state index contributed by atoms with van der Waals surface area (Å²) < 4.78 is 0. The van der Waals surface area contributed by atoms with Crippen LogP contribution in [0, 0.1) is 11.3 Å². The second kappa shape index (κ2) is 6.33. The Hall–Kier alpha value is -1.28. The molecule has 0 radical (unpaired) electrons. The van der Waals surface area contributed by atoms with Gasteiger partial charge in [0, 0.05) is 6.61 Å². The van der Waals surface area contributed by atoms with Crippen LogP contribution in [-0.4, -0.2) is 23.4 Å². The molecule has 0 amide bonds. The van der Waals surface area contributed by atoms with Gasteiger partial charge in [0.25, 0.3) is 0 Å². The molecule has 4 nitrogen and oxygen atoms in total. The molecule has 0 spiro atoms. The molecule has 0 aliphatic carbocycles. The van der Waals surface area contributed by atoms with Gasteiger partial charge in [-0.05, 0) is 30.7 Å². The van der Waals surface area contributed by atoms with E-state index in [1.165, 1.54) is 6.07 Å². The lowest BCUT2D eigenvalue weighted by Crippen LogP contribution is -2.21. The summed E-state index contributed by atoms with van der Waals surface area (Å²) in [6.07, 6.45) is 0.587. The number of aromatic hydroxyl groups is 1. The molecule has 3 N–H and O–H groups in total. The van der Waals surface area contributed by atoms with Crippen LogP contribution in [0.4, 0.5) is 0 Å². The highest BCUT2D eigenvalue weighted by Crippen LogP contribution is 2.26. The Morgan fingerprint density at radius 2 is 2.25 bits per heavy atom. The topological polar surface area (TPSA) is 76.3 Å². The third-order valence-electron chi connectivity index (χ3n) is 2.12. The first kappa shape index (κ1) is 12.8. The molecule has 0 heterocycles. The molecule has 0 aromatic heterocycles. The summed E-state index contributed by atoms with van der Waals surface area (Å²) in [6.45, 7) is 0.634. The lowest BCUT2D eigenvalue weighted by Gasteiger charge is -2.11. The lowest BCUT2D eigenvalue weighted by molar-refractivity contribution is 0.285. The molecular weight excluding hydrogens is 228 g/mol. The fraction of sp³-hybridized carbons (Fsp3) is 0.364. The quantitative estimate of drug-likeness (QED) is 0.683. The van der Waals surface area contributed by atoms with Crippen molar-refractivity contribution >= 4 is 11.6 Å². The van der Waals surface area contributed by atoms with Gasteiger partial charge in [0.2, 0.25) is 0 Å². The third-order valence-corrected chi connectivity index (χ3v) is 2.42. The number of benzene rings is 1. The van der Waals surface area contributed by atoms with Gasteiger partial charge in [-0.15, -0.1) is 0 Å². The summed E-state index contributed by atoms with van der Waals surface area (Å²) >= 11 is 5.75. The first-order valence-electron chi connectivity index (χ1n) is 4.91. The standard InChI is InChI=1S/C11H13ClN2O2/c12-9-6-8(2-3-11(9)16)10(7-13)14-4-1-5-15/h2-3,6,10,14-16H,1,4-5H2. The van der Waals surface area contributed by atoms with Crippen molar-refractivity contribution in [3.63, 3.8) is 0 Å². The van der Waals surface area contributed by atoms with Crippen molar-refractivity contribution in [2.75, 3.05) is 13.2 Å². The molecule has 1 rings (SSSR count). The van der Waals surface area contributed by atoms with Crippen LogP contribution in [0.5, 0.6) is 5.75 Å². The normalized spacial score (nSPS) is 12.1. The Morgan fingerprint density at radius 1 is 1.50 bits per heavy atom. The van der Waals surface area contributed by atoms with E-state index in [4.69, 9.17) is 22.0 Å². The molecule has 0 saturated carbocycles. The zero-order valence-corrected chi connectivity index (χ0v) is 9.41. The predicted octanol–water partition coefficient (Wildman–Crippen LogP) is 1.58. The minimum atomic E-state index is -0.482. The summed E-state index contributed by atoms with van der Waals surface area (Å²) in [5.41, 5.74) is 0.697. The van der Waals surface area contributed by atoms with Crippen LogP contribution in [0.3, 0.4) is 0 Å². The van der Waals surface area contributed by atoms with Gasteiger partial charge >= 0.3 is 0 Å². The van der Waals surface area contributed by atoms with E-state index < -0.39 is 6.04 Å². The van der Waals surface area contributed by atoms with E-state index in [1.807, 2.05) is 0 Å². The van der Waals surface area contributed by atoms with Crippen LogP contribution < -0.4 is 5.32 Å². The first-order valence-corrected chi connectivity index (χ1v) is 5.29. The van der Waals surface area contributed by atoms with Gasteiger partial charge in [0.05, 0.1) is 11.1 Å². The Kier molecular flexibility index (Phi) is 5.06. The van der Waals surface area contributed by atoms with Crippen LogP contribution in [0.1, 0.15) is 18.0 Å². The van der Waals surface area contributed by atoms with Crippen molar-refractivity contribution in [3.8, 4) is 11.8 Å². The molecule has 1 aromatic rings. The van der Waals surface area contributed by atoms with Crippen LogP contribution in [-0.2, 0) is 0 Å². The predicted molar refractivity (Wildman–Crippen MR) is 61.2 cm³/mol. The molecule has 5 heteroatoms. The van der Waals surface area contributed by atoms with Crippen molar-refractivity contribution in [1.82, 2.24) is 5.32 Å². The van der Waals surface area contributed by atoms with Crippen LogP contribution in [0.25, 0.3) is 0 Å². The van der Waals surface area contributed by atoms with Crippen LogP contribution in [0.15, 0.2) is 18.2 Å². The van der Waals surface area contributed by atoms with Crippen molar-refractivity contribution in [2.45, 2.75) is 12.5 Å². The van der Waals surface area contributed by atoms with Gasteiger partial charge in [0.1, 0.15) is 11.8 Å². The van der Waals surface area contributed by atoms with E-state index in [0.29, 0.717) is 18.5 Å². The number of aliphatic hydroxyl groups is 1. The molecular formula is C11H13ClN2O2. The summed E-state index contributed by atoms with van der Waals surface area (Å²) in [7, 11) is 0. The van der Waals surface area contributed by atoms with Gasteiger partial charge in [-0.2, -0.15) is 5.26 Å². The lowest BCUT2D eigenvalue weighted by atomic mass is 10.1. The molecule has 0 saturated heterocycles. The first-order chi connectivity index (χ1) is 7.69.